The van der Waals surface area contributed by atoms with Crippen LogP contribution in [0.5, 0.6) is 5.75 Å². The van der Waals surface area contributed by atoms with E-state index in [2.05, 4.69) is 20.5 Å². The Labute approximate surface area is 163 Å². The molecule has 7 heteroatoms. The van der Waals surface area contributed by atoms with E-state index < -0.39 is 0 Å². The zero-order valence-electron chi connectivity index (χ0n) is 15.7. The zero-order valence-corrected chi connectivity index (χ0v) is 15.7. The molecule has 0 spiro atoms. The highest BCUT2D eigenvalue weighted by atomic mass is 16.5. The first-order valence-corrected chi connectivity index (χ1v) is 9.74. The Kier molecular flexibility index (Phi) is 5.70. The third-order valence-corrected chi connectivity index (χ3v) is 4.87. The lowest BCUT2D eigenvalue weighted by molar-refractivity contribution is -0.121. The van der Waals surface area contributed by atoms with Gasteiger partial charge in [-0.2, -0.15) is 0 Å². The SMILES string of the molecule is O=C(CCc1cccc(OC2CCCC2)c1)NCc1nc(-c2ccco2)n[nH]1. The Balaban J connectivity index is 1.23. The van der Waals surface area contributed by atoms with Crippen molar-refractivity contribution in [1.29, 1.82) is 0 Å². The molecule has 0 saturated heterocycles. The smallest absolute Gasteiger partial charge is 0.220 e. The van der Waals surface area contributed by atoms with Crippen molar-refractivity contribution in [2.45, 2.75) is 51.2 Å². The van der Waals surface area contributed by atoms with Crippen molar-refractivity contribution in [2.75, 3.05) is 0 Å². The van der Waals surface area contributed by atoms with Crippen molar-refractivity contribution in [2.24, 2.45) is 0 Å². The fourth-order valence-electron chi connectivity index (χ4n) is 3.39. The normalized spacial score (nSPS) is 14.3. The van der Waals surface area contributed by atoms with E-state index in [1.807, 2.05) is 24.3 Å². The number of hydrogen-bond acceptors (Lipinski definition) is 5. The molecule has 0 aliphatic heterocycles. The lowest BCUT2D eigenvalue weighted by Crippen LogP contribution is -2.23. The van der Waals surface area contributed by atoms with Crippen molar-refractivity contribution < 1.29 is 13.9 Å². The predicted molar refractivity (Wildman–Crippen MR) is 104 cm³/mol. The average Bonchev–Trinajstić information content (AvgIpc) is 3.47. The molecule has 0 unspecified atom stereocenters. The van der Waals surface area contributed by atoms with Crippen molar-refractivity contribution in [3.8, 4) is 17.3 Å². The zero-order chi connectivity index (χ0) is 19.2. The molecule has 1 aromatic carbocycles. The van der Waals surface area contributed by atoms with Crippen LogP contribution in [0.1, 0.15) is 43.5 Å². The third-order valence-electron chi connectivity index (χ3n) is 4.87. The van der Waals surface area contributed by atoms with Crippen molar-refractivity contribution in [3.05, 3.63) is 54.0 Å². The summed E-state index contributed by atoms with van der Waals surface area (Å²) in [6.07, 6.45) is 7.75. The second-order valence-corrected chi connectivity index (χ2v) is 7.03. The minimum absolute atomic E-state index is 0.0296. The van der Waals surface area contributed by atoms with Gasteiger partial charge in [-0.3, -0.25) is 9.89 Å². The minimum atomic E-state index is -0.0296. The number of ether oxygens (including phenoxy) is 1. The summed E-state index contributed by atoms with van der Waals surface area (Å²) in [5.74, 6) is 2.53. The van der Waals surface area contributed by atoms with Gasteiger partial charge in [-0.1, -0.05) is 12.1 Å². The Morgan fingerprint density at radius 3 is 2.96 bits per heavy atom. The molecule has 1 aliphatic rings. The molecular weight excluding hydrogens is 356 g/mol. The summed E-state index contributed by atoms with van der Waals surface area (Å²) >= 11 is 0. The summed E-state index contributed by atoms with van der Waals surface area (Å²) in [4.78, 5) is 16.5. The van der Waals surface area contributed by atoms with Crippen LogP contribution in [0.4, 0.5) is 0 Å². The van der Waals surface area contributed by atoms with Gasteiger partial charge >= 0.3 is 0 Å². The second-order valence-electron chi connectivity index (χ2n) is 7.03. The van der Waals surface area contributed by atoms with Crippen LogP contribution in [0.2, 0.25) is 0 Å². The molecule has 2 N–H and O–H groups in total. The molecule has 1 fully saturated rings. The number of benzene rings is 1. The van der Waals surface area contributed by atoms with Crippen molar-refractivity contribution in [1.82, 2.24) is 20.5 Å². The van der Waals surface area contributed by atoms with Gasteiger partial charge < -0.3 is 14.5 Å². The lowest BCUT2D eigenvalue weighted by atomic mass is 10.1. The number of carbonyl (C=O) groups is 1. The monoisotopic (exact) mass is 380 g/mol. The Hall–Kier alpha value is -3.09. The summed E-state index contributed by atoms with van der Waals surface area (Å²) in [6, 6.07) is 11.6. The van der Waals surface area contributed by atoms with Crippen LogP contribution in [0, 0.1) is 0 Å². The van der Waals surface area contributed by atoms with E-state index in [1.165, 1.54) is 12.8 Å². The molecule has 3 aromatic rings. The number of nitrogens with one attached hydrogen (secondary N) is 2. The number of hydrogen-bond donors (Lipinski definition) is 2. The van der Waals surface area contributed by atoms with Gasteiger partial charge in [0, 0.05) is 6.42 Å². The van der Waals surface area contributed by atoms with E-state index >= 15 is 0 Å². The van der Waals surface area contributed by atoms with Crippen LogP contribution >= 0.6 is 0 Å². The first kappa shape index (κ1) is 18.3. The first-order valence-electron chi connectivity index (χ1n) is 9.74. The third kappa shape index (κ3) is 4.79. The topological polar surface area (TPSA) is 93.0 Å². The van der Waals surface area contributed by atoms with Gasteiger partial charge in [0.25, 0.3) is 0 Å². The molecule has 2 heterocycles. The summed E-state index contributed by atoms with van der Waals surface area (Å²) in [5, 5.41) is 9.77. The molecule has 2 aromatic heterocycles. The predicted octanol–water partition coefficient (Wildman–Crippen LogP) is 3.64. The maximum atomic E-state index is 12.2. The standard InChI is InChI=1S/C21H24N4O3/c26-20(22-14-19-23-21(25-24-19)18-9-4-12-27-18)11-10-15-5-3-8-17(13-15)28-16-6-1-2-7-16/h3-5,8-9,12-13,16H,1-2,6-7,10-11,14H2,(H,22,26)(H,23,24,25). The number of aromatic amines is 1. The highest BCUT2D eigenvalue weighted by molar-refractivity contribution is 5.76. The number of carbonyl (C=O) groups excluding carboxylic acids is 1. The van der Waals surface area contributed by atoms with E-state index in [1.54, 1.807) is 18.4 Å². The van der Waals surface area contributed by atoms with Crippen LogP contribution < -0.4 is 10.1 Å². The Morgan fingerprint density at radius 1 is 1.25 bits per heavy atom. The average molecular weight is 380 g/mol. The Morgan fingerprint density at radius 2 is 2.14 bits per heavy atom. The van der Waals surface area contributed by atoms with Crippen molar-refractivity contribution >= 4 is 5.91 Å². The van der Waals surface area contributed by atoms with Crippen LogP contribution in [0.15, 0.2) is 47.1 Å². The van der Waals surface area contributed by atoms with E-state index in [0.717, 1.165) is 24.2 Å². The second kappa shape index (κ2) is 8.73. The highest BCUT2D eigenvalue weighted by Gasteiger charge is 2.16. The van der Waals surface area contributed by atoms with Gasteiger partial charge in [-0.15, -0.1) is 5.10 Å². The number of rotatable bonds is 8. The van der Waals surface area contributed by atoms with E-state index in [4.69, 9.17) is 9.15 Å². The van der Waals surface area contributed by atoms with Crippen molar-refractivity contribution in [3.63, 3.8) is 0 Å². The molecule has 0 bridgehead atoms. The summed E-state index contributed by atoms with van der Waals surface area (Å²) < 4.78 is 11.3. The number of nitrogens with zero attached hydrogens (tertiary/aromatic N) is 2. The quantitative estimate of drug-likeness (QED) is 0.622. The maximum Gasteiger partial charge on any atom is 0.220 e. The van der Waals surface area contributed by atoms with Gasteiger partial charge in [-0.05, 0) is 61.9 Å². The van der Waals surface area contributed by atoms with Gasteiger partial charge in [-0.25, -0.2) is 4.98 Å². The largest absolute Gasteiger partial charge is 0.490 e. The van der Waals surface area contributed by atoms with Gasteiger partial charge in [0.05, 0.1) is 18.9 Å². The molecular formula is C21H24N4O3. The molecule has 146 valence electrons. The van der Waals surface area contributed by atoms with Gasteiger partial charge in [0.15, 0.2) is 5.76 Å². The first-order chi connectivity index (χ1) is 13.8. The number of furan rings is 1. The molecule has 7 nitrogen and oxygen atoms in total. The molecule has 1 amide bonds. The fraction of sp³-hybridized carbons (Fsp3) is 0.381. The Bertz CT molecular complexity index is 898. The van der Waals surface area contributed by atoms with E-state index in [0.29, 0.717) is 42.9 Å². The summed E-state index contributed by atoms with van der Waals surface area (Å²) in [6.45, 7) is 0.303. The minimum Gasteiger partial charge on any atom is -0.490 e. The molecule has 1 aliphatic carbocycles. The maximum absolute atomic E-state index is 12.2. The van der Waals surface area contributed by atoms with Crippen LogP contribution in [-0.4, -0.2) is 27.2 Å². The molecule has 0 atom stereocenters. The number of amides is 1. The van der Waals surface area contributed by atoms with Crippen LogP contribution in [0.3, 0.4) is 0 Å². The van der Waals surface area contributed by atoms with Gasteiger partial charge in [0.1, 0.15) is 11.6 Å². The van der Waals surface area contributed by atoms with Gasteiger partial charge in [0.2, 0.25) is 11.7 Å². The fourth-order valence-corrected chi connectivity index (χ4v) is 3.39. The highest BCUT2D eigenvalue weighted by Crippen LogP contribution is 2.24. The number of aromatic nitrogens is 3. The number of aryl methyl sites for hydroxylation is 1. The molecule has 1 saturated carbocycles. The molecule has 0 radical (unpaired) electrons. The summed E-state index contributed by atoms with van der Waals surface area (Å²) in [5.41, 5.74) is 1.10. The van der Waals surface area contributed by atoms with E-state index in [-0.39, 0.29) is 5.91 Å². The van der Waals surface area contributed by atoms with Crippen LogP contribution in [0.25, 0.3) is 11.6 Å². The molecule has 28 heavy (non-hydrogen) atoms. The van der Waals surface area contributed by atoms with E-state index in [9.17, 15) is 4.79 Å². The molecule has 4 rings (SSSR count). The summed E-state index contributed by atoms with van der Waals surface area (Å²) in [7, 11) is 0. The lowest BCUT2D eigenvalue weighted by Gasteiger charge is -2.13. The van der Waals surface area contributed by atoms with Crippen LogP contribution in [-0.2, 0) is 17.8 Å². The number of H-pyrrole nitrogens is 1.